The van der Waals surface area contributed by atoms with Crippen LogP contribution in [-0.2, 0) is 47.9 Å². The zero-order chi connectivity index (χ0) is 64.3. The van der Waals surface area contributed by atoms with Crippen LogP contribution in [0.2, 0.25) is 0 Å². The van der Waals surface area contributed by atoms with E-state index in [-0.39, 0.29) is 108 Å². The zero-order valence-corrected chi connectivity index (χ0v) is 51.1. The molecule has 0 radical (unpaired) electrons. The number of carbonyl (C=O) groups is 10. The summed E-state index contributed by atoms with van der Waals surface area (Å²) < 4.78 is 5.79. The van der Waals surface area contributed by atoms with Gasteiger partial charge in [0.25, 0.3) is 0 Å². The quantitative estimate of drug-likeness (QED) is 0.0286. The Hall–Kier alpha value is -7.91. The maximum atomic E-state index is 14.8. The maximum absolute atomic E-state index is 14.8. The van der Waals surface area contributed by atoms with E-state index < -0.39 is 127 Å². The van der Waals surface area contributed by atoms with Gasteiger partial charge in [-0.2, -0.15) is 0 Å². The Kier molecular flexibility index (Phi) is 25.5. The number of unbranched alkanes of at least 4 members (excludes halogenated alkanes) is 1. The molecule has 2 aromatic rings. The monoisotopic (exact) mass is 1240 g/mol. The first kappa shape index (κ1) is 68.6. The molecule has 0 aromatic heterocycles. The number of rotatable bonds is 30. The first-order valence-electron chi connectivity index (χ1n) is 31.5. The molecule has 0 bridgehead atoms. The summed E-state index contributed by atoms with van der Waals surface area (Å²) in [5.74, 6) is -7.58. The SMILES string of the molecule is CC(C)C[C@H](NC(=O)[C@@H]1CCCN1C(=O)[C@H](CO)NC(=O)[C@H](CC1CCCCC1)NC(=O)CNC(=O)[C@@H]1C[C@@H](O)CN1C(=O)[C@@H]1CCCN1C(=O)[C@H](CCCNC(=N)N)NC(=O)[C@H](CCCCN)NC(=O)OCC1c2ccccc2-c2ccccc21)C(=O)O. The van der Waals surface area contributed by atoms with Crippen LogP contribution in [0.1, 0.15) is 140 Å². The van der Waals surface area contributed by atoms with E-state index in [1.54, 1.807) is 0 Å². The fourth-order valence-electron chi connectivity index (χ4n) is 13.0. The number of β-amino-alcohol motifs (C(OH)–C–C–N with tert-alkyl or cyclic N) is 1. The molecule has 3 saturated heterocycles. The summed E-state index contributed by atoms with van der Waals surface area (Å²) in [7, 11) is 0. The average Bonchev–Trinajstić information content (AvgIpc) is 2.21. The van der Waals surface area contributed by atoms with Crippen LogP contribution in [0, 0.1) is 17.2 Å². The molecule has 7 rings (SSSR count). The minimum absolute atomic E-state index is 0.0101. The van der Waals surface area contributed by atoms with Gasteiger partial charge < -0.3 is 83.4 Å². The maximum Gasteiger partial charge on any atom is 0.407 e. The van der Waals surface area contributed by atoms with Crippen LogP contribution in [0.25, 0.3) is 11.1 Å². The van der Waals surface area contributed by atoms with E-state index in [0.717, 1.165) is 54.4 Å². The van der Waals surface area contributed by atoms with Crippen LogP contribution in [0.3, 0.4) is 0 Å². The van der Waals surface area contributed by atoms with Crippen LogP contribution < -0.4 is 48.7 Å². The summed E-state index contributed by atoms with van der Waals surface area (Å²) >= 11 is 0. The Morgan fingerprint density at radius 2 is 1.27 bits per heavy atom. The molecule has 27 nitrogen and oxygen atoms in total. The number of likely N-dealkylation sites (tertiary alicyclic amines) is 3. The zero-order valence-electron chi connectivity index (χ0n) is 51.1. The fourth-order valence-corrected chi connectivity index (χ4v) is 13.0. The summed E-state index contributed by atoms with van der Waals surface area (Å²) in [5.41, 5.74) is 15.4. The molecular weight excluding hydrogens is 1150 g/mol. The predicted molar refractivity (Wildman–Crippen MR) is 326 cm³/mol. The highest BCUT2D eigenvalue weighted by molar-refractivity contribution is 5.98. The van der Waals surface area contributed by atoms with Gasteiger partial charge in [-0.3, -0.25) is 43.8 Å². The molecule has 2 aromatic carbocycles. The number of nitrogens with two attached hydrogens (primary N) is 2. The summed E-state index contributed by atoms with van der Waals surface area (Å²) in [4.78, 5) is 142. The van der Waals surface area contributed by atoms with Crippen LogP contribution in [0.4, 0.5) is 4.79 Å². The smallest absolute Gasteiger partial charge is 0.407 e. The van der Waals surface area contributed by atoms with Gasteiger partial charge in [0.05, 0.1) is 19.3 Å². The Morgan fingerprint density at radius 3 is 1.90 bits per heavy atom. The number of ether oxygens (including phenoxy) is 1. The highest BCUT2D eigenvalue weighted by Crippen LogP contribution is 2.44. The van der Waals surface area contributed by atoms with Gasteiger partial charge in [-0.1, -0.05) is 94.5 Å². The van der Waals surface area contributed by atoms with E-state index in [1.807, 2.05) is 62.4 Å². The molecule has 3 aliphatic heterocycles. The number of nitrogens with one attached hydrogen (secondary N) is 8. The largest absolute Gasteiger partial charge is 0.480 e. The Bertz CT molecular complexity index is 2810. The fraction of sp³-hybridized carbons (Fsp3) is 0.629. The van der Waals surface area contributed by atoms with Crippen molar-refractivity contribution in [3.63, 3.8) is 0 Å². The number of carboxylic acid groups (broad SMARTS) is 1. The molecule has 15 N–H and O–H groups in total. The number of hydrogen-bond acceptors (Lipinski definition) is 15. The standard InChI is InChI=1S/C62H91N13O14/c1-36(2)29-47(60(86)87)70-56(82)49-23-13-27-73(49)58(84)48(34-76)71-54(80)46(30-37-15-4-3-5-16-37)68-52(78)32-67-55(81)51-31-38(77)33-75(51)59(85)50-24-14-28-74(50)57(83)45(22-12-26-66-61(64)65)69-53(79)44(21-10-11-25-63)72-62(88)89-35-43-41-19-8-6-17-39(41)40-18-7-9-20-42(40)43/h6-9,17-20,36-38,43-51,76-77H,3-5,10-16,21-35,63H2,1-2H3,(H,67,81)(H,68,78)(H,69,79)(H,70,82)(H,71,80)(H,72,88)(H,86,87)(H4,64,65,66)/t38-,44+,45+,46+,47+,48+,49+,50+,51+/m1/s1. The minimum Gasteiger partial charge on any atom is -0.480 e. The number of aliphatic carboxylic acids is 1. The molecule has 5 aliphatic rings. The van der Waals surface area contributed by atoms with Gasteiger partial charge in [0.2, 0.25) is 47.3 Å². The molecule has 27 heteroatoms. The number of guanidine groups is 1. The number of benzene rings is 2. The molecule has 3 heterocycles. The number of carboxylic acids is 1. The number of aliphatic hydroxyl groups is 2. The molecule has 2 aliphatic carbocycles. The lowest BCUT2D eigenvalue weighted by Gasteiger charge is -2.33. The molecule has 4 fully saturated rings. The van der Waals surface area contributed by atoms with Crippen molar-refractivity contribution >= 4 is 65.3 Å². The number of hydrogen-bond donors (Lipinski definition) is 13. The van der Waals surface area contributed by atoms with Crippen LogP contribution in [0.15, 0.2) is 48.5 Å². The molecule has 1 saturated carbocycles. The van der Waals surface area contributed by atoms with Gasteiger partial charge in [-0.25, -0.2) is 9.59 Å². The second-order valence-corrected chi connectivity index (χ2v) is 24.5. The lowest BCUT2D eigenvalue weighted by atomic mass is 9.84. The lowest BCUT2D eigenvalue weighted by molar-refractivity contribution is -0.148. The van der Waals surface area contributed by atoms with Crippen molar-refractivity contribution in [2.75, 3.05) is 52.5 Å². The Labute approximate surface area is 518 Å². The van der Waals surface area contributed by atoms with E-state index in [1.165, 1.54) is 14.7 Å². The number of fused-ring (bicyclic) bond motifs is 3. The van der Waals surface area contributed by atoms with E-state index in [0.29, 0.717) is 32.2 Å². The molecule has 9 amide bonds. The average molecular weight is 1240 g/mol. The number of alkyl carbamates (subject to hydrolysis) is 1. The van der Waals surface area contributed by atoms with E-state index in [2.05, 4.69) is 37.2 Å². The number of nitrogens with zero attached hydrogens (tertiary/aromatic N) is 3. The summed E-state index contributed by atoms with van der Waals surface area (Å²) in [6.07, 6.45) is 5.03. The van der Waals surface area contributed by atoms with Crippen molar-refractivity contribution in [3.8, 4) is 11.1 Å². The number of carbonyl (C=O) groups excluding carboxylic acids is 9. The third-order valence-electron chi connectivity index (χ3n) is 17.5. The van der Waals surface area contributed by atoms with Gasteiger partial charge in [0.15, 0.2) is 5.96 Å². The molecule has 9 atom stereocenters. The van der Waals surface area contributed by atoms with Crippen molar-refractivity contribution in [2.24, 2.45) is 23.3 Å². The predicted octanol–water partition coefficient (Wildman–Crippen LogP) is 0.379. The molecule has 89 heavy (non-hydrogen) atoms. The first-order chi connectivity index (χ1) is 42.7. The normalized spacial score (nSPS) is 20.7. The summed E-state index contributed by atoms with van der Waals surface area (Å²) in [6, 6.07) is 5.93. The Morgan fingerprint density at radius 1 is 0.663 bits per heavy atom. The van der Waals surface area contributed by atoms with E-state index >= 15 is 0 Å². The highest BCUT2D eigenvalue weighted by Gasteiger charge is 2.47. The third kappa shape index (κ3) is 18.6. The molecule has 0 unspecified atom stereocenters. The van der Waals surface area contributed by atoms with Crippen molar-refractivity contribution in [3.05, 3.63) is 59.7 Å². The molecule has 0 spiro atoms. The van der Waals surface area contributed by atoms with Crippen molar-refractivity contribution in [2.45, 2.75) is 183 Å². The minimum atomic E-state index is -1.52. The second-order valence-electron chi connectivity index (χ2n) is 24.5. The van der Waals surface area contributed by atoms with Crippen molar-refractivity contribution in [1.29, 1.82) is 5.41 Å². The molecular formula is C62H91N13O14. The summed E-state index contributed by atoms with van der Waals surface area (Å²) in [6.45, 7) is 2.52. The van der Waals surface area contributed by atoms with Gasteiger partial charge in [-0.15, -0.1) is 0 Å². The third-order valence-corrected chi connectivity index (χ3v) is 17.5. The second kappa shape index (κ2) is 33.1. The number of aliphatic hydroxyl groups excluding tert-OH is 2. The topological polar surface area (TPSA) is 410 Å². The van der Waals surface area contributed by atoms with Crippen LogP contribution in [-0.4, -0.2) is 202 Å². The van der Waals surface area contributed by atoms with Gasteiger partial charge in [-0.05, 0) is 111 Å². The van der Waals surface area contributed by atoms with Crippen LogP contribution >= 0.6 is 0 Å². The first-order valence-corrected chi connectivity index (χ1v) is 31.5. The van der Waals surface area contributed by atoms with Gasteiger partial charge in [0.1, 0.15) is 54.9 Å². The lowest BCUT2D eigenvalue weighted by Crippen LogP contribution is -2.59. The van der Waals surface area contributed by atoms with Crippen LogP contribution in [0.5, 0.6) is 0 Å². The highest BCUT2D eigenvalue weighted by atomic mass is 16.5. The number of amides is 9. The van der Waals surface area contributed by atoms with Gasteiger partial charge in [0, 0.05) is 38.5 Å². The van der Waals surface area contributed by atoms with Gasteiger partial charge >= 0.3 is 12.1 Å². The van der Waals surface area contributed by atoms with Crippen molar-refractivity contribution in [1.82, 2.24) is 51.9 Å². The summed E-state index contributed by atoms with van der Waals surface area (Å²) in [5, 5.41) is 57.3. The van der Waals surface area contributed by atoms with Crippen molar-refractivity contribution < 1.29 is 68.0 Å². The molecule has 488 valence electrons. The van der Waals surface area contributed by atoms with E-state index in [9.17, 15) is 63.3 Å². The van der Waals surface area contributed by atoms with E-state index in [4.69, 9.17) is 21.6 Å². The Balaban J connectivity index is 0.979.